The minimum atomic E-state index is 0.227. The van der Waals surface area contributed by atoms with Crippen LogP contribution in [0, 0.1) is 11.8 Å². The first-order valence-electron chi connectivity index (χ1n) is 3.95. The standard InChI is InChI=1S/C9H14O/c1-3-7(2)8-5-4-6-9(8)10/h4-5,7-8H,3,6H2,1-2H3. The lowest BCUT2D eigenvalue weighted by atomic mass is 9.91. The highest BCUT2D eigenvalue weighted by Gasteiger charge is 2.23. The predicted octanol–water partition coefficient (Wildman–Crippen LogP) is 2.18. The number of ketones is 1. The van der Waals surface area contributed by atoms with Crippen molar-refractivity contribution < 1.29 is 4.79 Å². The van der Waals surface area contributed by atoms with Gasteiger partial charge < -0.3 is 0 Å². The Morgan fingerprint density at radius 2 is 2.50 bits per heavy atom. The van der Waals surface area contributed by atoms with Gasteiger partial charge in [-0.1, -0.05) is 32.4 Å². The first-order chi connectivity index (χ1) is 4.75. The average Bonchev–Trinajstić information content (AvgIpc) is 2.34. The van der Waals surface area contributed by atoms with Gasteiger partial charge in [-0.15, -0.1) is 0 Å². The van der Waals surface area contributed by atoms with Crippen molar-refractivity contribution in [3.8, 4) is 0 Å². The van der Waals surface area contributed by atoms with Gasteiger partial charge in [0.05, 0.1) is 0 Å². The molecular weight excluding hydrogens is 124 g/mol. The summed E-state index contributed by atoms with van der Waals surface area (Å²) >= 11 is 0. The zero-order valence-corrected chi connectivity index (χ0v) is 6.63. The summed E-state index contributed by atoms with van der Waals surface area (Å²) in [6.45, 7) is 4.27. The lowest BCUT2D eigenvalue weighted by Gasteiger charge is -2.12. The summed E-state index contributed by atoms with van der Waals surface area (Å²) in [6.07, 6.45) is 5.80. The Hall–Kier alpha value is -0.590. The van der Waals surface area contributed by atoms with Crippen molar-refractivity contribution in [1.82, 2.24) is 0 Å². The maximum atomic E-state index is 11.1. The van der Waals surface area contributed by atoms with E-state index in [1.807, 2.05) is 6.08 Å². The quantitative estimate of drug-likeness (QED) is 0.534. The van der Waals surface area contributed by atoms with Gasteiger partial charge in [0, 0.05) is 12.3 Å². The fourth-order valence-electron chi connectivity index (χ4n) is 1.34. The van der Waals surface area contributed by atoms with Gasteiger partial charge >= 0.3 is 0 Å². The highest BCUT2D eigenvalue weighted by atomic mass is 16.1. The molecule has 0 bridgehead atoms. The van der Waals surface area contributed by atoms with Crippen molar-refractivity contribution in [3.63, 3.8) is 0 Å². The third kappa shape index (κ3) is 1.28. The number of Topliss-reactive ketones (excluding diaryl/α,β-unsaturated/α-hetero) is 1. The Bertz CT molecular complexity index is 158. The summed E-state index contributed by atoms with van der Waals surface area (Å²) in [5.74, 6) is 1.16. The van der Waals surface area contributed by atoms with Gasteiger partial charge in [-0.25, -0.2) is 0 Å². The molecule has 0 aromatic rings. The zero-order chi connectivity index (χ0) is 7.56. The van der Waals surface area contributed by atoms with Gasteiger partial charge in [0.25, 0.3) is 0 Å². The molecule has 0 aromatic carbocycles. The van der Waals surface area contributed by atoms with E-state index in [1.165, 1.54) is 0 Å². The van der Waals surface area contributed by atoms with E-state index in [0.29, 0.717) is 18.1 Å². The molecule has 1 rings (SSSR count). The second kappa shape index (κ2) is 3.00. The lowest BCUT2D eigenvalue weighted by Crippen LogP contribution is -2.14. The van der Waals surface area contributed by atoms with Crippen LogP contribution in [0.2, 0.25) is 0 Å². The van der Waals surface area contributed by atoms with Crippen molar-refractivity contribution in [2.24, 2.45) is 11.8 Å². The van der Waals surface area contributed by atoms with Crippen LogP contribution in [0.1, 0.15) is 26.7 Å². The number of hydrogen-bond acceptors (Lipinski definition) is 1. The Kier molecular flexibility index (Phi) is 2.25. The van der Waals surface area contributed by atoms with E-state index in [9.17, 15) is 4.79 Å². The number of rotatable bonds is 2. The van der Waals surface area contributed by atoms with Gasteiger partial charge in [0.2, 0.25) is 0 Å². The van der Waals surface area contributed by atoms with E-state index in [2.05, 4.69) is 19.9 Å². The van der Waals surface area contributed by atoms with Crippen molar-refractivity contribution in [2.45, 2.75) is 26.7 Å². The Balaban J connectivity index is 2.54. The molecule has 0 saturated heterocycles. The first-order valence-corrected chi connectivity index (χ1v) is 3.95. The first kappa shape index (κ1) is 7.52. The van der Waals surface area contributed by atoms with E-state index in [0.717, 1.165) is 6.42 Å². The third-order valence-corrected chi connectivity index (χ3v) is 2.29. The monoisotopic (exact) mass is 138 g/mol. The molecule has 56 valence electrons. The molecule has 0 fully saturated rings. The van der Waals surface area contributed by atoms with Crippen LogP contribution in [0.3, 0.4) is 0 Å². The molecule has 0 amide bonds. The van der Waals surface area contributed by atoms with Crippen LogP contribution in [0.5, 0.6) is 0 Å². The van der Waals surface area contributed by atoms with Gasteiger partial charge in [-0.2, -0.15) is 0 Å². The van der Waals surface area contributed by atoms with Gasteiger partial charge in [-0.3, -0.25) is 4.79 Å². The van der Waals surface area contributed by atoms with Crippen molar-refractivity contribution >= 4 is 5.78 Å². The largest absolute Gasteiger partial charge is 0.299 e. The minimum absolute atomic E-state index is 0.227. The van der Waals surface area contributed by atoms with Crippen molar-refractivity contribution in [1.29, 1.82) is 0 Å². The van der Waals surface area contributed by atoms with Crippen molar-refractivity contribution in [2.75, 3.05) is 0 Å². The summed E-state index contributed by atoms with van der Waals surface area (Å²) in [7, 11) is 0. The molecule has 2 atom stereocenters. The summed E-state index contributed by atoms with van der Waals surface area (Å²) in [4.78, 5) is 11.1. The molecule has 10 heavy (non-hydrogen) atoms. The molecule has 0 saturated carbocycles. The number of hydrogen-bond donors (Lipinski definition) is 0. The van der Waals surface area contributed by atoms with Crippen LogP contribution in [0.15, 0.2) is 12.2 Å². The summed E-state index contributed by atoms with van der Waals surface area (Å²) in [6, 6.07) is 0. The maximum absolute atomic E-state index is 11.1. The molecule has 0 N–H and O–H groups in total. The average molecular weight is 138 g/mol. The SMILES string of the molecule is CCC(C)C1C=CCC1=O. The lowest BCUT2D eigenvalue weighted by molar-refractivity contribution is -0.121. The second-order valence-corrected chi connectivity index (χ2v) is 3.01. The molecular formula is C9H14O. The van der Waals surface area contributed by atoms with E-state index >= 15 is 0 Å². The number of allylic oxidation sites excluding steroid dienone is 2. The van der Waals surface area contributed by atoms with E-state index < -0.39 is 0 Å². The number of carbonyl (C=O) groups is 1. The topological polar surface area (TPSA) is 17.1 Å². The van der Waals surface area contributed by atoms with Gasteiger partial charge in [0.1, 0.15) is 5.78 Å². The van der Waals surface area contributed by atoms with Crippen LogP contribution >= 0.6 is 0 Å². The maximum Gasteiger partial charge on any atom is 0.143 e. The predicted molar refractivity (Wildman–Crippen MR) is 41.7 cm³/mol. The van der Waals surface area contributed by atoms with Gasteiger partial charge in [0.15, 0.2) is 0 Å². The van der Waals surface area contributed by atoms with E-state index in [-0.39, 0.29) is 5.92 Å². The molecule has 2 unspecified atom stereocenters. The normalized spacial score (nSPS) is 27.4. The van der Waals surface area contributed by atoms with E-state index in [4.69, 9.17) is 0 Å². The molecule has 1 aliphatic carbocycles. The van der Waals surface area contributed by atoms with Crippen molar-refractivity contribution in [3.05, 3.63) is 12.2 Å². The molecule has 1 nitrogen and oxygen atoms in total. The molecule has 0 aliphatic heterocycles. The Labute approximate surface area is 62.1 Å². The molecule has 0 heterocycles. The highest BCUT2D eigenvalue weighted by molar-refractivity contribution is 5.86. The summed E-state index contributed by atoms with van der Waals surface area (Å²) in [5, 5.41) is 0. The smallest absolute Gasteiger partial charge is 0.143 e. The molecule has 1 heteroatoms. The van der Waals surface area contributed by atoms with Crippen LogP contribution in [-0.4, -0.2) is 5.78 Å². The summed E-state index contributed by atoms with van der Waals surface area (Å²) < 4.78 is 0. The zero-order valence-electron chi connectivity index (χ0n) is 6.63. The molecule has 0 aromatic heterocycles. The fourth-order valence-corrected chi connectivity index (χ4v) is 1.34. The Morgan fingerprint density at radius 1 is 1.80 bits per heavy atom. The number of carbonyl (C=O) groups excluding carboxylic acids is 1. The fraction of sp³-hybridized carbons (Fsp3) is 0.667. The minimum Gasteiger partial charge on any atom is -0.299 e. The second-order valence-electron chi connectivity index (χ2n) is 3.01. The highest BCUT2D eigenvalue weighted by Crippen LogP contribution is 2.23. The molecule has 0 radical (unpaired) electrons. The van der Waals surface area contributed by atoms with Gasteiger partial charge in [-0.05, 0) is 5.92 Å². The van der Waals surface area contributed by atoms with Crippen LogP contribution in [-0.2, 0) is 4.79 Å². The summed E-state index contributed by atoms with van der Waals surface area (Å²) in [5.41, 5.74) is 0. The molecule has 0 spiro atoms. The molecule has 1 aliphatic rings. The van der Waals surface area contributed by atoms with Crippen LogP contribution in [0.4, 0.5) is 0 Å². The van der Waals surface area contributed by atoms with E-state index in [1.54, 1.807) is 0 Å². The van der Waals surface area contributed by atoms with Crippen LogP contribution < -0.4 is 0 Å². The Morgan fingerprint density at radius 3 is 2.90 bits per heavy atom. The third-order valence-electron chi connectivity index (χ3n) is 2.29. The van der Waals surface area contributed by atoms with Crippen LogP contribution in [0.25, 0.3) is 0 Å².